The molecule has 1 aromatic rings. The minimum Gasteiger partial charge on any atom is -0.461 e. The number of hydrogen-bond acceptors (Lipinski definition) is 3. The lowest BCUT2D eigenvalue weighted by atomic mass is 10.2. The van der Waals surface area contributed by atoms with Crippen molar-refractivity contribution in [1.82, 2.24) is 4.98 Å². The monoisotopic (exact) mass is 239 g/mol. The van der Waals surface area contributed by atoms with Crippen molar-refractivity contribution in [2.45, 2.75) is 13.3 Å². The Labute approximate surface area is 100 Å². The van der Waals surface area contributed by atoms with Crippen LogP contribution in [0.4, 0.5) is 0 Å². The Hall–Kier alpha value is -1.35. The van der Waals surface area contributed by atoms with Gasteiger partial charge >= 0.3 is 5.97 Å². The van der Waals surface area contributed by atoms with Gasteiger partial charge in [0.15, 0.2) is 0 Å². The lowest BCUT2D eigenvalue weighted by molar-refractivity contribution is 0.0519. The molecule has 0 aromatic carbocycles. The van der Waals surface area contributed by atoms with Gasteiger partial charge < -0.3 is 4.74 Å². The zero-order valence-electron chi connectivity index (χ0n) is 9.15. The minimum atomic E-state index is -0.393. The summed E-state index contributed by atoms with van der Waals surface area (Å²) in [5.74, 6) is 0.184. The van der Waals surface area contributed by atoms with Crippen LogP contribution in [0.5, 0.6) is 0 Å². The molecule has 86 valence electrons. The number of halogens is 1. The predicted octanol–water partition coefficient (Wildman–Crippen LogP) is 2.90. The van der Waals surface area contributed by atoms with Gasteiger partial charge in [0.25, 0.3) is 0 Å². The number of alkyl halides is 1. The molecule has 0 amide bonds. The second-order valence-corrected chi connectivity index (χ2v) is 3.43. The molecule has 0 spiro atoms. The highest BCUT2D eigenvalue weighted by Crippen LogP contribution is 2.04. The van der Waals surface area contributed by atoms with E-state index in [-0.39, 0.29) is 0 Å². The summed E-state index contributed by atoms with van der Waals surface area (Å²) >= 11 is 5.54. The third-order valence-electron chi connectivity index (χ3n) is 1.82. The average molecular weight is 240 g/mol. The van der Waals surface area contributed by atoms with Gasteiger partial charge in [-0.1, -0.05) is 12.1 Å². The third-order valence-corrected chi connectivity index (χ3v) is 2.04. The van der Waals surface area contributed by atoms with Crippen LogP contribution in [-0.2, 0) is 4.74 Å². The first kappa shape index (κ1) is 12.7. The number of carbonyl (C=O) groups is 1. The Kier molecular flexibility index (Phi) is 5.57. The van der Waals surface area contributed by atoms with Crippen molar-refractivity contribution in [2.24, 2.45) is 0 Å². The largest absolute Gasteiger partial charge is 0.461 e. The van der Waals surface area contributed by atoms with Crippen LogP contribution in [0.3, 0.4) is 0 Å². The molecule has 4 heteroatoms. The zero-order valence-corrected chi connectivity index (χ0v) is 9.91. The molecule has 0 radical (unpaired) electrons. The van der Waals surface area contributed by atoms with Crippen molar-refractivity contribution >= 4 is 23.6 Å². The van der Waals surface area contributed by atoms with E-state index in [4.69, 9.17) is 16.3 Å². The summed E-state index contributed by atoms with van der Waals surface area (Å²) in [6, 6.07) is 5.24. The molecule has 0 bridgehead atoms. The normalized spacial score (nSPS) is 10.6. The van der Waals surface area contributed by atoms with Crippen LogP contribution in [0.15, 0.2) is 24.3 Å². The molecule has 1 aromatic heterocycles. The highest BCUT2D eigenvalue weighted by atomic mass is 35.5. The Morgan fingerprint density at radius 1 is 1.56 bits per heavy atom. The van der Waals surface area contributed by atoms with Crippen LogP contribution in [0.25, 0.3) is 6.08 Å². The van der Waals surface area contributed by atoms with Gasteiger partial charge in [0.2, 0.25) is 0 Å². The Morgan fingerprint density at radius 3 is 3.06 bits per heavy atom. The number of hydrogen-bond donors (Lipinski definition) is 0. The SMILES string of the molecule is CCOC(=O)c1cccc(C=CCCCl)n1. The average Bonchev–Trinajstić information content (AvgIpc) is 2.30. The molecule has 0 aliphatic rings. The Balaban J connectivity index is 2.74. The first-order valence-corrected chi connectivity index (χ1v) is 5.68. The molecule has 0 aliphatic heterocycles. The summed E-state index contributed by atoms with van der Waals surface area (Å²) in [4.78, 5) is 15.6. The number of nitrogens with zero attached hydrogens (tertiary/aromatic N) is 1. The van der Waals surface area contributed by atoms with Crippen LogP contribution in [0, 0.1) is 0 Å². The fourth-order valence-corrected chi connectivity index (χ4v) is 1.26. The molecule has 0 fully saturated rings. The molecule has 3 nitrogen and oxygen atoms in total. The Morgan fingerprint density at radius 2 is 2.38 bits per heavy atom. The van der Waals surface area contributed by atoms with E-state index in [1.807, 2.05) is 18.2 Å². The summed E-state index contributed by atoms with van der Waals surface area (Å²) in [5, 5.41) is 0. The second-order valence-electron chi connectivity index (χ2n) is 3.05. The predicted molar refractivity (Wildman–Crippen MR) is 64.6 cm³/mol. The fourth-order valence-electron chi connectivity index (χ4n) is 1.13. The van der Waals surface area contributed by atoms with Crippen LogP contribution in [0.2, 0.25) is 0 Å². The molecular weight excluding hydrogens is 226 g/mol. The van der Waals surface area contributed by atoms with E-state index in [2.05, 4.69) is 4.98 Å². The first-order chi connectivity index (χ1) is 7.77. The summed E-state index contributed by atoms with van der Waals surface area (Å²) in [7, 11) is 0. The van der Waals surface area contributed by atoms with E-state index in [0.717, 1.165) is 12.1 Å². The van der Waals surface area contributed by atoms with Crippen molar-refractivity contribution in [1.29, 1.82) is 0 Å². The second kappa shape index (κ2) is 7.01. The number of pyridine rings is 1. The fraction of sp³-hybridized carbons (Fsp3) is 0.333. The van der Waals surface area contributed by atoms with Gasteiger partial charge in [0, 0.05) is 5.88 Å². The molecule has 1 heterocycles. The summed E-state index contributed by atoms with van der Waals surface area (Å²) in [6.07, 6.45) is 4.54. The summed E-state index contributed by atoms with van der Waals surface area (Å²) in [6.45, 7) is 2.12. The van der Waals surface area contributed by atoms with Gasteiger partial charge in [-0.15, -0.1) is 11.6 Å². The highest BCUT2D eigenvalue weighted by molar-refractivity contribution is 6.17. The van der Waals surface area contributed by atoms with Gasteiger partial charge in [0.05, 0.1) is 12.3 Å². The number of carbonyl (C=O) groups excluding carboxylic acids is 1. The lowest BCUT2D eigenvalue weighted by Gasteiger charge is -2.01. The molecular formula is C12H14ClNO2. The first-order valence-electron chi connectivity index (χ1n) is 5.14. The number of allylic oxidation sites excluding steroid dienone is 1. The molecule has 0 unspecified atom stereocenters. The zero-order chi connectivity index (χ0) is 11.8. The van der Waals surface area contributed by atoms with Gasteiger partial charge in [-0.2, -0.15) is 0 Å². The smallest absolute Gasteiger partial charge is 0.356 e. The maximum Gasteiger partial charge on any atom is 0.356 e. The number of ether oxygens (including phenoxy) is 1. The van der Waals surface area contributed by atoms with E-state index in [0.29, 0.717) is 18.2 Å². The Bertz CT molecular complexity index is 377. The van der Waals surface area contributed by atoms with Crippen LogP contribution >= 0.6 is 11.6 Å². The lowest BCUT2D eigenvalue weighted by Crippen LogP contribution is -2.07. The highest BCUT2D eigenvalue weighted by Gasteiger charge is 2.07. The van der Waals surface area contributed by atoms with E-state index in [1.54, 1.807) is 19.1 Å². The van der Waals surface area contributed by atoms with Crippen LogP contribution in [0.1, 0.15) is 29.5 Å². The maximum absolute atomic E-state index is 11.4. The number of rotatable bonds is 5. The van der Waals surface area contributed by atoms with E-state index < -0.39 is 5.97 Å². The molecule has 0 atom stereocenters. The van der Waals surface area contributed by atoms with Gasteiger partial charge in [-0.25, -0.2) is 9.78 Å². The third kappa shape index (κ3) is 4.03. The molecule has 0 saturated heterocycles. The topological polar surface area (TPSA) is 39.2 Å². The van der Waals surface area contributed by atoms with Crippen LogP contribution in [-0.4, -0.2) is 23.4 Å². The molecule has 0 aliphatic carbocycles. The van der Waals surface area contributed by atoms with Crippen molar-refractivity contribution in [2.75, 3.05) is 12.5 Å². The van der Waals surface area contributed by atoms with Crippen molar-refractivity contribution in [3.05, 3.63) is 35.7 Å². The van der Waals surface area contributed by atoms with Crippen molar-refractivity contribution in [3.8, 4) is 0 Å². The standard InChI is InChI=1S/C12H14ClNO2/c1-2-16-12(15)11-8-5-7-10(14-11)6-3-4-9-13/h3,5-8H,2,4,9H2,1H3. The van der Waals surface area contributed by atoms with Gasteiger partial charge in [0.1, 0.15) is 5.69 Å². The van der Waals surface area contributed by atoms with Crippen LogP contribution < -0.4 is 0 Å². The van der Waals surface area contributed by atoms with Crippen molar-refractivity contribution in [3.63, 3.8) is 0 Å². The van der Waals surface area contributed by atoms with E-state index >= 15 is 0 Å². The van der Waals surface area contributed by atoms with E-state index in [9.17, 15) is 4.79 Å². The number of aromatic nitrogens is 1. The molecule has 1 rings (SSSR count). The summed E-state index contributed by atoms with van der Waals surface area (Å²) < 4.78 is 4.86. The van der Waals surface area contributed by atoms with E-state index in [1.165, 1.54) is 0 Å². The minimum absolute atomic E-state index is 0.329. The molecule has 0 N–H and O–H groups in total. The van der Waals surface area contributed by atoms with Gasteiger partial charge in [-0.05, 0) is 31.6 Å². The van der Waals surface area contributed by atoms with Crippen molar-refractivity contribution < 1.29 is 9.53 Å². The quantitative estimate of drug-likeness (QED) is 0.586. The summed E-state index contributed by atoms with van der Waals surface area (Å²) in [5.41, 5.74) is 1.06. The van der Waals surface area contributed by atoms with Gasteiger partial charge in [-0.3, -0.25) is 0 Å². The number of esters is 1. The molecule has 0 saturated carbocycles. The maximum atomic E-state index is 11.4. The molecule has 16 heavy (non-hydrogen) atoms.